The van der Waals surface area contributed by atoms with Gasteiger partial charge in [0.25, 0.3) is 0 Å². The minimum Gasteiger partial charge on any atom is -0.488 e. The third-order valence-electron chi connectivity index (χ3n) is 9.41. The van der Waals surface area contributed by atoms with E-state index in [2.05, 4.69) is 6.92 Å². The largest absolute Gasteiger partial charge is 0.488 e. The number of hydrogen-bond donors (Lipinski definition) is 1. The van der Waals surface area contributed by atoms with Gasteiger partial charge in [-0.15, -0.1) is 0 Å². The molecule has 2 N–H and O–H groups in total. The summed E-state index contributed by atoms with van der Waals surface area (Å²) >= 11 is 0. The number of nitrogens with two attached hydrogens (primary N) is 1. The molecule has 0 saturated carbocycles. The molecule has 1 saturated heterocycles. The van der Waals surface area contributed by atoms with Crippen molar-refractivity contribution >= 4 is 5.91 Å². The third kappa shape index (κ3) is 9.86. The molecule has 1 aliphatic heterocycles. The van der Waals surface area contributed by atoms with E-state index in [9.17, 15) is 4.79 Å². The average molecular weight is 736 g/mol. The first kappa shape index (κ1) is 37.5. The van der Waals surface area contributed by atoms with Gasteiger partial charge in [0.1, 0.15) is 24.7 Å². The van der Waals surface area contributed by atoms with Gasteiger partial charge in [0.2, 0.25) is 18.5 Å². The number of hydrogen-bond acceptors (Lipinski definition) is 7. The number of carbonyl (C=O) groups is 1. The molecule has 0 spiro atoms. The van der Waals surface area contributed by atoms with E-state index in [1.807, 2.05) is 140 Å². The topological polar surface area (TPSA) is 98.5 Å². The Kier molecular flexibility index (Phi) is 12.6. The number of ether oxygens (including phenoxy) is 6. The maximum atomic E-state index is 12.4. The molecule has 1 aliphatic rings. The van der Waals surface area contributed by atoms with Gasteiger partial charge in [0, 0.05) is 23.6 Å². The average Bonchev–Trinajstić information content (AvgIpc) is 3.63. The van der Waals surface area contributed by atoms with Gasteiger partial charge in [-0.05, 0) is 57.5 Å². The summed E-state index contributed by atoms with van der Waals surface area (Å²) in [7, 11) is 0. The van der Waals surface area contributed by atoms with Gasteiger partial charge < -0.3 is 34.2 Å². The molecule has 0 bridgehead atoms. The standard InChI is InChI=1S/C47H45NO7/c1-2-39-40(27-43-54-46(52-31-35-20-11-5-12-21-35)47(55-43)53-32-36-22-13-6-14-23-36)44(37-24-15-25-38(26-37)45(48)49)42(51-30-34-18-9-4-10-19-34)28-41(39)50-29-33-16-7-3-8-17-33/h3-26,28,43,46-47H,2,27,29-32H2,1H3,(H2,48,49)/t46-,47-/m1/s1. The first-order valence-electron chi connectivity index (χ1n) is 18.6. The summed E-state index contributed by atoms with van der Waals surface area (Å²) < 4.78 is 39.0. The van der Waals surface area contributed by atoms with Crippen LogP contribution in [0.3, 0.4) is 0 Å². The van der Waals surface area contributed by atoms with Crippen LogP contribution in [0.1, 0.15) is 50.7 Å². The number of rotatable bonds is 17. The quantitative estimate of drug-likeness (QED) is 0.0998. The molecule has 1 heterocycles. The maximum Gasteiger partial charge on any atom is 0.248 e. The van der Waals surface area contributed by atoms with E-state index in [0.717, 1.165) is 44.5 Å². The van der Waals surface area contributed by atoms with E-state index in [0.29, 0.717) is 56.3 Å². The van der Waals surface area contributed by atoms with Crippen molar-refractivity contribution in [1.29, 1.82) is 0 Å². The van der Waals surface area contributed by atoms with Crippen LogP contribution in [0.25, 0.3) is 11.1 Å². The van der Waals surface area contributed by atoms with Crippen LogP contribution in [0.5, 0.6) is 11.5 Å². The molecule has 2 atom stereocenters. The lowest BCUT2D eigenvalue weighted by molar-refractivity contribution is -0.200. The summed E-state index contributed by atoms with van der Waals surface area (Å²) in [6.07, 6.45) is -1.41. The van der Waals surface area contributed by atoms with Crippen LogP contribution < -0.4 is 15.2 Å². The van der Waals surface area contributed by atoms with Crippen molar-refractivity contribution in [1.82, 2.24) is 0 Å². The van der Waals surface area contributed by atoms with Gasteiger partial charge in [0.15, 0.2) is 6.29 Å². The number of amides is 1. The molecule has 1 amide bonds. The molecule has 0 unspecified atom stereocenters. The van der Waals surface area contributed by atoms with Crippen LogP contribution in [0.4, 0.5) is 0 Å². The highest BCUT2D eigenvalue weighted by Gasteiger charge is 2.39. The predicted octanol–water partition coefficient (Wildman–Crippen LogP) is 9.17. The maximum absolute atomic E-state index is 12.4. The molecule has 280 valence electrons. The van der Waals surface area contributed by atoms with E-state index >= 15 is 0 Å². The van der Waals surface area contributed by atoms with Crippen LogP contribution >= 0.6 is 0 Å². The van der Waals surface area contributed by atoms with Crippen molar-refractivity contribution in [3.8, 4) is 22.6 Å². The summed E-state index contributed by atoms with van der Waals surface area (Å²) in [5.41, 5.74) is 13.7. The van der Waals surface area contributed by atoms with Gasteiger partial charge in [-0.3, -0.25) is 4.79 Å². The normalized spacial score (nSPS) is 15.5. The SMILES string of the molecule is CCc1c(OCc2ccccc2)cc(OCc2ccccc2)c(-c2cccc(C(N)=O)c2)c1CC1O[C@@H](OCc2ccccc2)[C@H](OCc2ccccc2)O1. The van der Waals surface area contributed by atoms with Crippen LogP contribution in [-0.4, -0.2) is 24.8 Å². The first-order valence-corrected chi connectivity index (χ1v) is 18.6. The first-order chi connectivity index (χ1) is 27.0. The number of benzene rings is 6. The monoisotopic (exact) mass is 735 g/mol. The molecule has 55 heavy (non-hydrogen) atoms. The van der Waals surface area contributed by atoms with Gasteiger partial charge in [-0.2, -0.15) is 0 Å². The second-order valence-corrected chi connectivity index (χ2v) is 13.3. The molecular formula is C47H45NO7. The summed E-state index contributed by atoms with van der Waals surface area (Å²) in [5.74, 6) is 0.756. The molecule has 6 aromatic carbocycles. The van der Waals surface area contributed by atoms with Crippen molar-refractivity contribution in [2.24, 2.45) is 5.73 Å². The molecule has 0 aliphatic carbocycles. The zero-order chi connectivity index (χ0) is 37.8. The molecular weight excluding hydrogens is 691 g/mol. The summed E-state index contributed by atoms with van der Waals surface area (Å²) in [4.78, 5) is 12.4. The molecule has 0 aromatic heterocycles. The Labute approximate surface area is 322 Å². The Balaban J connectivity index is 1.27. The minimum absolute atomic E-state index is 0.305. The second kappa shape index (κ2) is 18.5. The highest BCUT2D eigenvalue weighted by Crippen LogP contribution is 2.43. The lowest BCUT2D eigenvalue weighted by Crippen LogP contribution is -2.28. The van der Waals surface area contributed by atoms with Gasteiger partial charge in [-0.1, -0.05) is 140 Å². The van der Waals surface area contributed by atoms with Gasteiger partial charge in [-0.25, -0.2) is 0 Å². The lowest BCUT2D eigenvalue weighted by atomic mass is 9.89. The summed E-state index contributed by atoms with van der Waals surface area (Å²) in [6, 6.07) is 49.1. The number of primary amides is 1. The molecule has 1 fully saturated rings. The van der Waals surface area contributed by atoms with Crippen LogP contribution in [0.15, 0.2) is 152 Å². The van der Waals surface area contributed by atoms with Crippen LogP contribution in [-0.2, 0) is 58.2 Å². The minimum atomic E-state index is -0.799. The van der Waals surface area contributed by atoms with E-state index in [4.69, 9.17) is 34.2 Å². The fourth-order valence-corrected chi connectivity index (χ4v) is 6.66. The van der Waals surface area contributed by atoms with Gasteiger partial charge >= 0.3 is 0 Å². The van der Waals surface area contributed by atoms with Crippen molar-refractivity contribution < 1.29 is 33.2 Å². The fraction of sp³-hybridized carbons (Fsp3) is 0.213. The Morgan fingerprint density at radius 3 is 1.51 bits per heavy atom. The zero-order valence-corrected chi connectivity index (χ0v) is 30.8. The van der Waals surface area contributed by atoms with Crippen molar-refractivity contribution in [2.45, 2.75) is 65.1 Å². The Hall–Kier alpha value is -5.77. The van der Waals surface area contributed by atoms with E-state index in [1.165, 1.54) is 0 Å². The Bertz CT molecular complexity index is 2080. The molecule has 0 radical (unpaired) electrons. The fourth-order valence-electron chi connectivity index (χ4n) is 6.66. The lowest BCUT2D eigenvalue weighted by Gasteiger charge is -2.24. The van der Waals surface area contributed by atoms with Crippen molar-refractivity contribution in [3.63, 3.8) is 0 Å². The smallest absolute Gasteiger partial charge is 0.248 e. The molecule has 8 nitrogen and oxygen atoms in total. The Morgan fingerprint density at radius 2 is 1.04 bits per heavy atom. The molecule has 7 rings (SSSR count). The highest BCUT2D eigenvalue weighted by molar-refractivity contribution is 5.94. The van der Waals surface area contributed by atoms with E-state index < -0.39 is 24.8 Å². The summed E-state index contributed by atoms with van der Waals surface area (Å²) in [5, 5.41) is 0. The molecule has 6 aromatic rings. The van der Waals surface area contributed by atoms with Crippen molar-refractivity contribution in [3.05, 3.63) is 191 Å². The van der Waals surface area contributed by atoms with Crippen LogP contribution in [0.2, 0.25) is 0 Å². The van der Waals surface area contributed by atoms with Crippen LogP contribution in [0, 0.1) is 0 Å². The second-order valence-electron chi connectivity index (χ2n) is 13.3. The zero-order valence-electron chi connectivity index (χ0n) is 30.8. The Morgan fingerprint density at radius 1 is 0.564 bits per heavy atom. The van der Waals surface area contributed by atoms with Gasteiger partial charge in [0.05, 0.1) is 13.2 Å². The highest BCUT2D eigenvalue weighted by atomic mass is 16.9. The van der Waals surface area contributed by atoms with E-state index in [1.54, 1.807) is 12.1 Å². The van der Waals surface area contributed by atoms with Crippen molar-refractivity contribution in [2.75, 3.05) is 0 Å². The molecule has 8 heteroatoms. The third-order valence-corrected chi connectivity index (χ3v) is 9.41. The number of carbonyl (C=O) groups excluding carboxylic acids is 1. The summed E-state index contributed by atoms with van der Waals surface area (Å²) in [6.45, 7) is 3.41. The van der Waals surface area contributed by atoms with E-state index in [-0.39, 0.29) is 0 Å². The predicted molar refractivity (Wildman–Crippen MR) is 211 cm³/mol.